The van der Waals surface area contributed by atoms with Gasteiger partial charge >= 0.3 is 0 Å². The summed E-state index contributed by atoms with van der Waals surface area (Å²) in [5.41, 5.74) is 1.16. The van der Waals surface area contributed by atoms with Gasteiger partial charge in [0.1, 0.15) is 6.29 Å². The number of carbonyl (C=O) groups is 2. The SMILES string of the molecule is C=C1C[C@H](C=O)CC[C@@H]1C/C=C/C(C)=O. The highest BCUT2D eigenvalue weighted by Gasteiger charge is 2.22. The van der Waals surface area contributed by atoms with Gasteiger partial charge in [-0.15, -0.1) is 0 Å². The van der Waals surface area contributed by atoms with E-state index in [2.05, 4.69) is 6.58 Å². The fraction of sp³-hybridized carbons (Fsp3) is 0.538. The predicted molar refractivity (Wildman–Crippen MR) is 60.5 cm³/mol. The van der Waals surface area contributed by atoms with E-state index in [1.165, 1.54) is 0 Å². The summed E-state index contributed by atoms with van der Waals surface area (Å²) in [6.07, 6.45) is 8.24. The van der Waals surface area contributed by atoms with Gasteiger partial charge in [-0.3, -0.25) is 4.79 Å². The Morgan fingerprint density at radius 2 is 2.27 bits per heavy atom. The number of hydrogen-bond acceptors (Lipinski definition) is 2. The molecule has 1 aliphatic carbocycles. The minimum atomic E-state index is 0.0854. The average Bonchev–Trinajstić information content (AvgIpc) is 2.20. The molecule has 0 unspecified atom stereocenters. The van der Waals surface area contributed by atoms with E-state index in [-0.39, 0.29) is 11.7 Å². The highest BCUT2D eigenvalue weighted by molar-refractivity contribution is 5.87. The van der Waals surface area contributed by atoms with E-state index in [1.807, 2.05) is 6.08 Å². The Bertz CT molecular complexity index is 289. The van der Waals surface area contributed by atoms with Crippen LogP contribution in [0.2, 0.25) is 0 Å². The Kier molecular flexibility index (Phi) is 4.47. The third kappa shape index (κ3) is 3.82. The minimum Gasteiger partial charge on any atom is -0.303 e. The number of hydrogen-bond donors (Lipinski definition) is 0. The molecule has 1 saturated carbocycles. The van der Waals surface area contributed by atoms with E-state index in [4.69, 9.17) is 0 Å². The number of aldehydes is 1. The molecule has 0 saturated heterocycles. The summed E-state index contributed by atoms with van der Waals surface area (Å²) in [7, 11) is 0. The molecule has 1 aliphatic rings. The quantitative estimate of drug-likeness (QED) is 0.402. The highest BCUT2D eigenvalue weighted by atomic mass is 16.1. The van der Waals surface area contributed by atoms with E-state index in [1.54, 1.807) is 13.0 Å². The van der Waals surface area contributed by atoms with Gasteiger partial charge in [0, 0.05) is 5.92 Å². The monoisotopic (exact) mass is 206 g/mol. The lowest BCUT2D eigenvalue weighted by Crippen LogP contribution is -2.17. The van der Waals surface area contributed by atoms with Crippen molar-refractivity contribution >= 4 is 12.1 Å². The molecular weight excluding hydrogens is 188 g/mol. The van der Waals surface area contributed by atoms with E-state index in [0.717, 1.165) is 37.5 Å². The molecule has 0 spiro atoms. The van der Waals surface area contributed by atoms with Crippen LogP contribution in [0.15, 0.2) is 24.3 Å². The van der Waals surface area contributed by atoms with Crippen LogP contribution in [-0.4, -0.2) is 12.1 Å². The van der Waals surface area contributed by atoms with Crippen molar-refractivity contribution in [1.29, 1.82) is 0 Å². The molecule has 0 aromatic rings. The van der Waals surface area contributed by atoms with Gasteiger partial charge < -0.3 is 4.79 Å². The second kappa shape index (κ2) is 5.64. The zero-order valence-corrected chi connectivity index (χ0v) is 9.24. The summed E-state index contributed by atoms with van der Waals surface area (Å²) in [5, 5.41) is 0. The van der Waals surface area contributed by atoms with Crippen LogP contribution >= 0.6 is 0 Å². The van der Waals surface area contributed by atoms with Crippen LogP contribution < -0.4 is 0 Å². The fourth-order valence-corrected chi connectivity index (χ4v) is 2.02. The maximum atomic E-state index is 10.7. The molecule has 0 amide bonds. The van der Waals surface area contributed by atoms with Crippen molar-refractivity contribution < 1.29 is 9.59 Å². The molecule has 2 nitrogen and oxygen atoms in total. The first kappa shape index (κ1) is 11.9. The standard InChI is InChI=1S/C13H18O2/c1-10-8-12(9-14)6-7-13(10)5-3-4-11(2)15/h3-4,9,12-13H,1,5-8H2,2H3/b4-3+/t12-,13+/m1/s1. The summed E-state index contributed by atoms with van der Waals surface area (Å²) >= 11 is 0. The topological polar surface area (TPSA) is 34.1 Å². The molecule has 2 atom stereocenters. The highest BCUT2D eigenvalue weighted by Crippen LogP contribution is 2.33. The lowest BCUT2D eigenvalue weighted by atomic mass is 9.78. The number of ketones is 1. The molecule has 0 aliphatic heterocycles. The summed E-state index contributed by atoms with van der Waals surface area (Å²) in [6.45, 7) is 5.56. The largest absolute Gasteiger partial charge is 0.303 e. The molecule has 0 heterocycles. The van der Waals surface area contributed by atoms with Crippen LogP contribution in [0.5, 0.6) is 0 Å². The Hall–Kier alpha value is -1.18. The van der Waals surface area contributed by atoms with Crippen molar-refractivity contribution in [2.75, 3.05) is 0 Å². The Labute approximate surface area is 91.1 Å². The molecule has 0 N–H and O–H groups in total. The molecule has 15 heavy (non-hydrogen) atoms. The van der Waals surface area contributed by atoms with Crippen molar-refractivity contribution in [1.82, 2.24) is 0 Å². The fourth-order valence-electron chi connectivity index (χ4n) is 2.02. The van der Waals surface area contributed by atoms with Crippen LogP contribution in [0.4, 0.5) is 0 Å². The van der Waals surface area contributed by atoms with Crippen molar-refractivity contribution in [3.05, 3.63) is 24.3 Å². The second-order valence-electron chi connectivity index (χ2n) is 4.28. The maximum Gasteiger partial charge on any atom is 0.152 e. The average molecular weight is 206 g/mol. The van der Waals surface area contributed by atoms with Gasteiger partial charge in [-0.05, 0) is 44.6 Å². The Morgan fingerprint density at radius 3 is 2.80 bits per heavy atom. The molecule has 1 fully saturated rings. The second-order valence-corrected chi connectivity index (χ2v) is 4.28. The molecule has 0 aromatic carbocycles. The third-order valence-electron chi connectivity index (χ3n) is 2.95. The van der Waals surface area contributed by atoms with Crippen molar-refractivity contribution in [3.8, 4) is 0 Å². The predicted octanol–water partition coefficient (Wildman–Crippen LogP) is 2.69. The van der Waals surface area contributed by atoms with Gasteiger partial charge in [0.05, 0.1) is 0 Å². The Balaban J connectivity index is 2.41. The third-order valence-corrected chi connectivity index (χ3v) is 2.95. The van der Waals surface area contributed by atoms with Crippen molar-refractivity contribution in [2.24, 2.45) is 11.8 Å². The Morgan fingerprint density at radius 1 is 1.53 bits per heavy atom. The van der Waals surface area contributed by atoms with Crippen LogP contribution in [-0.2, 0) is 9.59 Å². The number of rotatable bonds is 4. The summed E-state index contributed by atoms with van der Waals surface area (Å²) in [4.78, 5) is 21.3. The smallest absolute Gasteiger partial charge is 0.152 e. The first-order chi connectivity index (χ1) is 7.13. The molecule has 0 aromatic heterocycles. The zero-order valence-electron chi connectivity index (χ0n) is 9.24. The van der Waals surface area contributed by atoms with Crippen LogP contribution in [0.3, 0.4) is 0 Å². The van der Waals surface area contributed by atoms with Crippen LogP contribution in [0.1, 0.15) is 32.6 Å². The van der Waals surface area contributed by atoms with Gasteiger partial charge in [0.15, 0.2) is 5.78 Å². The van der Waals surface area contributed by atoms with E-state index < -0.39 is 0 Å². The summed E-state index contributed by atoms with van der Waals surface area (Å²) < 4.78 is 0. The molecule has 0 bridgehead atoms. The first-order valence-corrected chi connectivity index (χ1v) is 5.43. The van der Waals surface area contributed by atoms with Gasteiger partial charge in [0.2, 0.25) is 0 Å². The van der Waals surface area contributed by atoms with Crippen molar-refractivity contribution in [3.63, 3.8) is 0 Å². The molecule has 82 valence electrons. The lowest BCUT2D eigenvalue weighted by molar-refractivity contribution is -0.113. The normalized spacial score (nSPS) is 26.9. The zero-order chi connectivity index (χ0) is 11.3. The molecule has 2 heteroatoms. The van der Waals surface area contributed by atoms with Crippen LogP contribution in [0.25, 0.3) is 0 Å². The molecule has 0 radical (unpaired) electrons. The maximum absolute atomic E-state index is 10.7. The number of allylic oxidation sites excluding steroid dienone is 3. The number of carbonyl (C=O) groups excluding carboxylic acids is 2. The minimum absolute atomic E-state index is 0.0854. The van der Waals surface area contributed by atoms with E-state index in [9.17, 15) is 9.59 Å². The molecule has 1 rings (SSSR count). The van der Waals surface area contributed by atoms with E-state index in [0.29, 0.717) is 5.92 Å². The first-order valence-electron chi connectivity index (χ1n) is 5.43. The summed E-state index contributed by atoms with van der Waals surface area (Å²) in [5.74, 6) is 0.713. The van der Waals surface area contributed by atoms with Crippen molar-refractivity contribution in [2.45, 2.75) is 32.6 Å². The van der Waals surface area contributed by atoms with Gasteiger partial charge in [-0.25, -0.2) is 0 Å². The van der Waals surface area contributed by atoms with Gasteiger partial charge in [-0.2, -0.15) is 0 Å². The van der Waals surface area contributed by atoms with Gasteiger partial charge in [0.25, 0.3) is 0 Å². The van der Waals surface area contributed by atoms with E-state index >= 15 is 0 Å². The van der Waals surface area contributed by atoms with Crippen LogP contribution in [0, 0.1) is 11.8 Å². The molecular formula is C13H18O2. The van der Waals surface area contributed by atoms with Gasteiger partial charge in [-0.1, -0.05) is 18.2 Å². The lowest BCUT2D eigenvalue weighted by Gasteiger charge is -2.27. The summed E-state index contributed by atoms with van der Waals surface area (Å²) in [6, 6.07) is 0.